The van der Waals surface area contributed by atoms with Gasteiger partial charge in [0.25, 0.3) is 5.91 Å². The van der Waals surface area contributed by atoms with E-state index in [0.717, 1.165) is 24.9 Å². The summed E-state index contributed by atoms with van der Waals surface area (Å²) in [5, 5.41) is 0. The van der Waals surface area contributed by atoms with Crippen molar-refractivity contribution in [2.45, 2.75) is 38.0 Å². The second kappa shape index (κ2) is 10.1. The van der Waals surface area contributed by atoms with Crippen molar-refractivity contribution in [2.75, 3.05) is 31.1 Å². The molecule has 8 heteroatoms. The Hall–Kier alpha value is -2.71. The molecule has 1 aliphatic heterocycles. The van der Waals surface area contributed by atoms with Gasteiger partial charge in [-0.05, 0) is 56.5 Å². The van der Waals surface area contributed by atoms with Gasteiger partial charge in [-0.1, -0.05) is 30.7 Å². The molecular formula is C23H28N2O5S. The van der Waals surface area contributed by atoms with E-state index in [0.29, 0.717) is 25.2 Å². The van der Waals surface area contributed by atoms with Crippen molar-refractivity contribution in [3.8, 4) is 0 Å². The molecule has 0 unspecified atom stereocenters. The van der Waals surface area contributed by atoms with Gasteiger partial charge < -0.3 is 9.64 Å². The van der Waals surface area contributed by atoms with Crippen LogP contribution in [0.25, 0.3) is 0 Å². The Morgan fingerprint density at radius 1 is 1.03 bits per heavy atom. The third-order valence-corrected chi connectivity index (χ3v) is 7.41. The lowest BCUT2D eigenvalue weighted by molar-refractivity contribution is -0.121. The predicted octanol–water partition coefficient (Wildman–Crippen LogP) is 3.38. The molecule has 0 aromatic heterocycles. The summed E-state index contributed by atoms with van der Waals surface area (Å²) in [7, 11) is -3.68. The fourth-order valence-corrected chi connectivity index (χ4v) is 5.42. The Labute approximate surface area is 183 Å². The Morgan fingerprint density at radius 3 is 2.35 bits per heavy atom. The topological polar surface area (TPSA) is 84.0 Å². The number of esters is 1. The van der Waals surface area contributed by atoms with Gasteiger partial charge in [-0.3, -0.25) is 4.79 Å². The van der Waals surface area contributed by atoms with Gasteiger partial charge in [0.1, 0.15) is 0 Å². The highest BCUT2D eigenvalue weighted by Crippen LogP contribution is 2.24. The number of amides is 1. The van der Waals surface area contributed by atoms with Gasteiger partial charge in [0.15, 0.2) is 6.61 Å². The number of carbonyl (C=O) groups excluding carboxylic acids is 2. The zero-order valence-corrected chi connectivity index (χ0v) is 18.7. The molecule has 0 atom stereocenters. The number of aryl methyl sites for hydroxylation is 1. The minimum Gasteiger partial charge on any atom is -0.452 e. The molecule has 0 saturated carbocycles. The molecule has 3 rings (SSSR count). The van der Waals surface area contributed by atoms with Gasteiger partial charge in [0.2, 0.25) is 10.0 Å². The molecule has 0 aliphatic carbocycles. The first kappa shape index (κ1) is 23.0. The normalized spacial score (nSPS) is 14.8. The number of carbonyl (C=O) groups is 2. The van der Waals surface area contributed by atoms with Gasteiger partial charge in [-0.2, -0.15) is 4.31 Å². The first-order chi connectivity index (χ1) is 14.8. The van der Waals surface area contributed by atoms with Gasteiger partial charge >= 0.3 is 5.97 Å². The van der Waals surface area contributed by atoms with E-state index in [2.05, 4.69) is 0 Å². The molecule has 31 heavy (non-hydrogen) atoms. The average Bonchev–Trinajstić information content (AvgIpc) is 2.79. The van der Waals surface area contributed by atoms with Crippen molar-refractivity contribution in [1.82, 2.24) is 4.31 Å². The van der Waals surface area contributed by atoms with Crippen LogP contribution < -0.4 is 4.90 Å². The van der Waals surface area contributed by atoms with E-state index in [-0.39, 0.29) is 16.4 Å². The number of ether oxygens (including phenoxy) is 1. The van der Waals surface area contributed by atoms with Gasteiger partial charge in [0.05, 0.1) is 10.5 Å². The van der Waals surface area contributed by atoms with E-state index < -0.39 is 22.6 Å². The largest absolute Gasteiger partial charge is 0.452 e. The standard InChI is InChI=1S/C23H28N2O5S/c1-3-25(20-10-6-4-7-11-20)22(26)17-30-23(27)19-13-12-18(2)21(16-19)31(28,29)24-14-8-5-9-15-24/h4,6-7,10-13,16H,3,5,8-9,14-15,17H2,1-2H3. The number of rotatable bonds is 7. The lowest BCUT2D eigenvalue weighted by atomic mass is 10.1. The van der Waals surface area contributed by atoms with Crippen LogP contribution in [0.5, 0.6) is 0 Å². The van der Waals surface area contributed by atoms with Crippen LogP contribution in [0.15, 0.2) is 53.4 Å². The summed E-state index contributed by atoms with van der Waals surface area (Å²) in [5.41, 5.74) is 1.40. The second-order valence-electron chi connectivity index (χ2n) is 7.49. The molecule has 1 amide bonds. The molecule has 0 bridgehead atoms. The van der Waals surface area contributed by atoms with E-state index in [1.807, 2.05) is 25.1 Å². The van der Waals surface area contributed by atoms with Crippen molar-refractivity contribution in [3.63, 3.8) is 0 Å². The number of hydrogen-bond acceptors (Lipinski definition) is 5. The lowest BCUT2D eigenvalue weighted by Crippen LogP contribution is -2.36. The maximum atomic E-state index is 13.0. The zero-order valence-electron chi connectivity index (χ0n) is 17.9. The first-order valence-corrected chi connectivity index (χ1v) is 11.9. The fourth-order valence-electron chi connectivity index (χ4n) is 3.65. The molecule has 2 aromatic rings. The van der Waals surface area contributed by atoms with Crippen molar-refractivity contribution >= 4 is 27.6 Å². The highest BCUT2D eigenvalue weighted by atomic mass is 32.2. The Balaban J connectivity index is 1.72. The number of benzene rings is 2. The maximum Gasteiger partial charge on any atom is 0.338 e. The molecule has 1 heterocycles. The SMILES string of the molecule is CCN(C(=O)COC(=O)c1ccc(C)c(S(=O)(=O)N2CCCCC2)c1)c1ccccc1. The number of likely N-dealkylation sites (N-methyl/N-ethyl adjacent to an activating group) is 1. The molecule has 0 radical (unpaired) electrons. The van der Waals surface area contributed by atoms with E-state index in [1.54, 1.807) is 25.1 Å². The first-order valence-electron chi connectivity index (χ1n) is 10.5. The van der Waals surface area contributed by atoms with E-state index in [4.69, 9.17) is 4.74 Å². The predicted molar refractivity (Wildman–Crippen MR) is 119 cm³/mol. The maximum absolute atomic E-state index is 13.0. The molecule has 1 aliphatic rings. The second-order valence-corrected chi connectivity index (χ2v) is 9.40. The summed E-state index contributed by atoms with van der Waals surface area (Å²) in [6.45, 7) is 4.51. The summed E-state index contributed by atoms with van der Waals surface area (Å²) < 4.78 is 32.8. The fraction of sp³-hybridized carbons (Fsp3) is 0.391. The average molecular weight is 445 g/mol. The van der Waals surface area contributed by atoms with Crippen molar-refractivity contribution in [1.29, 1.82) is 0 Å². The Bertz CT molecular complexity index is 1030. The number of para-hydroxylation sites is 1. The molecule has 1 fully saturated rings. The molecule has 1 saturated heterocycles. The van der Waals surface area contributed by atoms with Crippen molar-refractivity contribution < 1.29 is 22.7 Å². The smallest absolute Gasteiger partial charge is 0.338 e. The molecule has 7 nitrogen and oxygen atoms in total. The van der Waals surface area contributed by atoms with E-state index in [9.17, 15) is 18.0 Å². The van der Waals surface area contributed by atoms with Crippen LogP contribution in [0.3, 0.4) is 0 Å². The van der Waals surface area contributed by atoms with Gasteiger partial charge in [-0.25, -0.2) is 13.2 Å². The van der Waals surface area contributed by atoms with Crippen LogP contribution in [-0.4, -0.2) is 50.8 Å². The number of sulfonamides is 1. The third-order valence-electron chi connectivity index (χ3n) is 5.37. The van der Waals surface area contributed by atoms with Crippen LogP contribution in [0.4, 0.5) is 5.69 Å². The van der Waals surface area contributed by atoms with E-state index in [1.165, 1.54) is 21.3 Å². The van der Waals surface area contributed by atoms with Crippen LogP contribution in [0.2, 0.25) is 0 Å². The Kier molecular flexibility index (Phi) is 7.46. The summed E-state index contributed by atoms with van der Waals surface area (Å²) in [5.74, 6) is -1.08. The number of piperidine rings is 1. The summed E-state index contributed by atoms with van der Waals surface area (Å²) in [6, 6.07) is 13.6. The van der Waals surface area contributed by atoms with Crippen LogP contribution in [0.1, 0.15) is 42.1 Å². The van der Waals surface area contributed by atoms with Crippen molar-refractivity contribution in [3.05, 3.63) is 59.7 Å². The molecule has 0 N–H and O–H groups in total. The highest BCUT2D eigenvalue weighted by Gasteiger charge is 2.28. The summed E-state index contributed by atoms with van der Waals surface area (Å²) >= 11 is 0. The quantitative estimate of drug-likeness (QED) is 0.612. The van der Waals surface area contributed by atoms with Gasteiger partial charge in [-0.15, -0.1) is 0 Å². The van der Waals surface area contributed by atoms with Crippen LogP contribution >= 0.6 is 0 Å². The zero-order chi connectivity index (χ0) is 22.4. The molecular weight excluding hydrogens is 416 g/mol. The summed E-state index contributed by atoms with van der Waals surface area (Å²) in [4.78, 5) is 26.7. The molecule has 2 aromatic carbocycles. The lowest BCUT2D eigenvalue weighted by Gasteiger charge is -2.26. The van der Waals surface area contributed by atoms with Crippen molar-refractivity contribution in [2.24, 2.45) is 0 Å². The van der Waals surface area contributed by atoms with Gasteiger partial charge in [0, 0.05) is 25.3 Å². The van der Waals surface area contributed by atoms with Crippen LogP contribution in [0, 0.1) is 6.92 Å². The summed E-state index contributed by atoms with van der Waals surface area (Å²) in [6.07, 6.45) is 2.68. The van der Waals surface area contributed by atoms with Crippen LogP contribution in [-0.2, 0) is 19.6 Å². The monoisotopic (exact) mass is 444 g/mol. The molecule has 0 spiro atoms. The third kappa shape index (κ3) is 5.32. The number of anilines is 1. The Morgan fingerprint density at radius 2 is 1.71 bits per heavy atom. The highest BCUT2D eigenvalue weighted by molar-refractivity contribution is 7.89. The number of hydrogen-bond donors (Lipinski definition) is 0. The minimum atomic E-state index is -3.68. The number of nitrogens with zero attached hydrogens (tertiary/aromatic N) is 2. The van der Waals surface area contributed by atoms with E-state index >= 15 is 0 Å². The molecule has 166 valence electrons. The minimum absolute atomic E-state index is 0.106.